The lowest BCUT2D eigenvalue weighted by Crippen LogP contribution is -2.57. The van der Waals surface area contributed by atoms with Gasteiger partial charge in [0.1, 0.15) is 11.6 Å². The van der Waals surface area contributed by atoms with E-state index in [1.54, 1.807) is 0 Å². The molecule has 0 aromatic carbocycles. The summed E-state index contributed by atoms with van der Waals surface area (Å²) in [5.41, 5.74) is 5.97. The van der Waals surface area contributed by atoms with E-state index >= 15 is 0 Å². The van der Waals surface area contributed by atoms with Crippen LogP contribution < -0.4 is 16.0 Å². The van der Waals surface area contributed by atoms with Crippen molar-refractivity contribution in [3.8, 4) is 0 Å². The van der Waals surface area contributed by atoms with E-state index in [-0.39, 0.29) is 5.54 Å². The fraction of sp³-hybridized carbons (Fsp3) is 0.714. The normalized spacial score (nSPS) is 19.1. The lowest BCUT2D eigenvalue weighted by molar-refractivity contribution is 0.138. The van der Waals surface area contributed by atoms with Crippen LogP contribution in [0.2, 0.25) is 0 Å². The lowest BCUT2D eigenvalue weighted by Gasteiger charge is -2.45. The van der Waals surface area contributed by atoms with Crippen LogP contribution in [0.1, 0.15) is 27.2 Å². The molecular formula is C14H26N6. The van der Waals surface area contributed by atoms with Gasteiger partial charge in [-0.3, -0.25) is 4.90 Å². The minimum absolute atomic E-state index is 0.134. The molecule has 3 N–H and O–H groups in total. The van der Waals surface area contributed by atoms with Gasteiger partial charge in [0.05, 0.1) is 0 Å². The fourth-order valence-corrected chi connectivity index (χ4v) is 2.39. The van der Waals surface area contributed by atoms with E-state index in [1.807, 2.05) is 6.07 Å². The first-order chi connectivity index (χ1) is 9.42. The molecule has 1 aliphatic heterocycles. The Labute approximate surface area is 121 Å². The largest absolute Gasteiger partial charge is 0.370 e. The summed E-state index contributed by atoms with van der Waals surface area (Å²) in [7, 11) is 2.17. The van der Waals surface area contributed by atoms with Crippen molar-refractivity contribution in [1.82, 2.24) is 14.9 Å². The first-order valence-corrected chi connectivity index (χ1v) is 7.27. The van der Waals surface area contributed by atoms with Crippen molar-refractivity contribution in [3.63, 3.8) is 0 Å². The summed E-state index contributed by atoms with van der Waals surface area (Å²) in [6.45, 7) is 10.4. The SMILES string of the molecule is CCCNc1cc(N2CCN(C)C(C)(C)C2)nc(N)n1. The monoisotopic (exact) mass is 278 g/mol. The van der Waals surface area contributed by atoms with Crippen LogP contribution in [0, 0.1) is 0 Å². The molecule has 1 aliphatic rings. The Hall–Kier alpha value is -1.56. The highest BCUT2D eigenvalue weighted by molar-refractivity contribution is 5.53. The standard InChI is InChI=1S/C14H26N6/c1-5-6-16-11-9-12(18-13(15)17-11)20-8-7-19(4)14(2,3)10-20/h9H,5-8,10H2,1-4H3,(H3,15,16,17,18). The van der Waals surface area contributed by atoms with E-state index in [9.17, 15) is 0 Å². The summed E-state index contributed by atoms with van der Waals surface area (Å²) in [6, 6.07) is 1.99. The molecular weight excluding hydrogens is 252 g/mol. The molecule has 0 radical (unpaired) electrons. The number of hydrogen-bond acceptors (Lipinski definition) is 6. The summed E-state index contributed by atoms with van der Waals surface area (Å²) in [5.74, 6) is 2.06. The Morgan fingerprint density at radius 1 is 1.35 bits per heavy atom. The molecule has 2 heterocycles. The van der Waals surface area contributed by atoms with E-state index in [2.05, 4.69) is 52.9 Å². The van der Waals surface area contributed by atoms with Crippen molar-refractivity contribution >= 4 is 17.6 Å². The molecule has 112 valence electrons. The fourth-order valence-electron chi connectivity index (χ4n) is 2.39. The van der Waals surface area contributed by atoms with E-state index in [1.165, 1.54) is 0 Å². The number of nitrogens with one attached hydrogen (secondary N) is 1. The second-order valence-corrected chi connectivity index (χ2v) is 6.05. The molecule has 1 aromatic heterocycles. The quantitative estimate of drug-likeness (QED) is 0.868. The van der Waals surface area contributed by atoms with Crippen molar-refractivity contribution in [3.05, 3.63) is 6.07 Å². The van der Waals surface area contributed by atoms with Crippen LogP contribution in [0.5, 0.6) is 0 Å². The molecule has 0 unspecified atom stereocenters. The zero-order valence-corrected chi connectivity index (χ0v) is 13.0. The van der Waals surface area contributed by atoms with Crippen LogP contribution in [0.25, 0.3) is 0 Å². The maximum Gasteiger partial charge on any atom is 0.223 e. The molecule has 0 bridgehead atoms. The molecule has 0 aliphatic carbocycles. The molecule has 0 amide bonds. The van der Waals surface area contributed by atoms with Gasteiger partial charge in [-0.05, 0) is 27.3 Å². The van der Waals surface area contributed by atoms with E-state index < -0.39 is 0 Å². The zero-order valence-electron chi connectivity index (χ0n) is 13.0. The zero-order chi connectivity index (χ0) is 14.8. The van der Waals surface area contributed by atoms with Crippen molar-refractivity contribution in [2.75, 3.05) is 49.2 Å². The number of nitrogens with two attached hydrogens (primary N) is 1. The number of aromatic nitrogens is 2. The van der Waals surface area contributed by atoms with Crippen LogP contribution in [0.4, 0.5) is 17.6 Å². The van der Waals surface area contributed by atoms with Crippen molar-refractivity contribution < 1.29 is 0 Å². The summed E-state index contributed by atoms with van der Waals surface area (Å²) < 4.78 is 0. The molecule has 0 atom stereocenters. The van der Waals surface area contributed by atoms with Gasteiger partial charge in [-0.1, -0.05) is 6.92 Å². The van der Waals surface area contributed by atoms with E-state index in [4.69, 9.17) is 5.73 Å². The second-order valence-electron chi connectivity index (χ2n) is 6.05. The third-order valence-electron chi connectivity index (χ3n) is 3.93. The minimum Gasteiger partial charge on any atom is -0.370 e. The molecule has 20 heavy (non-hydrogen) atoms. The highest BCUT2D eigenvalue weighted by Crippen LogP contribution is 2.24. The van der Waals surface area contributed by atoms with Crippen LogP contribution in [-0.4, -0.2) is 53.6 Å². The molecule has 2 rings (SSSR count). The average molecular weight is 278 g/mol. The number of anilines is 3. The summed E-state index contributed by atoms with van der Waals surface area (Å²) in [6.07, 6.45) is 1.06. The van der Waals surface area contributed by atoms with Gasteiger partial charge in [0.15, 0.2) is 0 Å². The maximum absolute atomic E-state index is 5.83. The maximum atomic E-state index is 5.83. The highest BCUT2D eigenvalue weighted by Gasteiger charge is 2.31. The van der Waals surface area contributed by atoms with Gasteiger partial charge in [0, 0.05) is 37.8 Å². The van der Waals surface area contributed by atoms with Gasteiger partial charge in [0.25, 0.3) is 0 Å². The summed E-state index contributed by atoms with van der Waals surface area (Å²) in [4.78, 5) is 13.3. The Morgan fingerprint density at radius 3 is 2.75 bits per heavy atom. The average Bonchev–Trinajstić information content (AvgIpc) is 2.39. The van der Waals surface area contributed by atoms with Crippen molar-refractivity contribution in [1.29, 1.82) is 0 Å². The number of nitrogen functional groups attached to an aromatic ring is 1. The molecule has 6 heteroatoms. The van der Waals surface area contributed by atoms with Crippen molar-refractivity contribution in [2.45, 2.75) is 32.7 Å². The Balaban J connectivity index is 2.17. The van der Waals surface area contributed by atoms with E-state index in [0.717, 1.165) is 44.2 Å². The molecule has 6 nitrogen and oxygen atoms in total. The van der Waals surface area contributed by atoms with Crippen LogP contribution in [0.3, 0.4) is 0 Å². The third-order valence-corrected chi connectivity index (χ3v) is 3.93. The van der Waals surface area contributed by atoms with Crippen molar-refractivity contribution in [2.24, 2.45) is 0 Å². The van der Waals surface area contributed by atoms with Crippen LogP contribution in [-0.2, 0) is 0 Å². The number of rotatable bonds is 4. The first kappa shape index (κ1) is 14.8. The predicted octanol–water partition coefficient (Wildman–Crippen LogP) is 1.41. The lowest BCUT2D eigenvalue weighted by atomic mass is 10.00. The number of nitrogens with zero attached hydrogens (tertiary/aromatic N) is 4. The van der Waals surface area contributed by atoms with Gasteiger partial charge in [-0.2, -0.15) is 9.97 Å². The Kier molecular flexibility index (Phi) is 4.32. The molecule has 1 saturated heterocycles. The summed E-state index contributed by atoms with van der Waals surface area (Å²) in [5, 5.41) is 3.28. The van der Waals surface area contributed by atoms with Gasteiger partial charge in [-0.25, -0.2) is 0 Å². The Bertz CT molecular complexity index is 459. The number of piperazine rings is 1. The van der Waals surface area contributed by atoms with Crippen LogP contribution >= 0.6 is 0 Å². The van der Waals surface area contributed by atoms with Gasteiger partial charge < -0.3 is 16.0 Å². The predicted molar refractivity (Wildman–Crippen MR) is 84.1 cm³/mol. The smallest absolute Gasteiger partial charge is 0.223 e. The Morgan fingerprint density at radius 2 is 2.10 bits per heavy atom. The van der Waals surface area contributed by atoms with Gasteiger partial charge in [-0.15, -0.1) is 0 Å². The second kappa shape index (κ2) is 5.83. The molecule has 0 spiro atoms. The molecule has 1 aromatic rings. The minimum atomic E-state index is 0.134. The van der Waals surface area contributed by atoms with Gasteiger partial charge >= 0.3 is 0 Å². The number of hydrogen-bond donors (Lipinski definition) is 2. The first-order valence-electron chi connectivity index (χ1n) is 7.27. The third kappa shape index (κ3) is 3.30. The molecule has 1 fully saturated rings. The van der Waals surface area contributed by atoms with E-state index in [0.29, 0.717) is 5.95 Å². The van der Waals surface area contributed by atoms with Gasteiger partial charge in [0.2, 0.25) is 5.95 Å². The topological polar surface area (TPSA) is 70.3 Å². The molecule has 0 saturated carbocycles. The highest BCUT2D eigenvalue weighted by atomic mass is 15.3. The summed E-state index contributed by atoms with van der Waals surface area (Å²) >= 11 is 0. The van der Waals surface area contributed by atoms with Crippen LogP contribution in [0.15, 0.2) is 6.07 Å². The number of likely N-dealkylation sites (N-methyl/N-ethyl adjacent to an activating group) is 1.